The van der Waals surface area contributed by atoms with Gasteiger partial charge >= 0.3 is 0 Å². The van der Waals surface area contributed by atoms with Crippen molar-refractivity contribution in [3.05, 3.63) is 0 Å². The van der Waals surface area contributed by atoms with Crippen LogP contribution in [0.4, 0.5) is 0 Å². The standard InChI is InChI=1S/C14H26N4O2/c1-17(2)13(19)10-16-14(20)12-4-3-9-18(12)11-5-7-15-8-6-11/h11-12,15H,3-10H2,1-2H3,(H,16,20). The van der Waals surface area contributed by atoms with Gasteiger partial charge in [0.05, 0.1) is 12.6 Å². The summed E-state index contributed by atoms with van der Waals surface area (Å²) in [5, 5.41) is 6.14. The van der Waals surface area contributed by atoms with Crippen molar-refractivity contribution in [3.8, 4) is 0 Å². The zero-order valence-corrected chi connectivity index (χ0v) is 12.5. The van der Waals surface area contributed by atoms with Crippen LogP contribution in [0.5, 0.6) is 0 Å². The molecule has 1 unspecified atom stereocenters. The Morgan fingerprint density at radius 2 is 1.95 bits per heavy atom. The first-order chi connectivity index (χ1) is 9.59. The summed E-state index contributed by atoms with van der Waals surface area (Å²) < 4.78 is 0. The number of rotatable bonds is 4. The first kappa shape index (κ1) is 15.3. The molecule has 20 heavy (non-hydrogen) atoms. The molecule has 2 aliphatic rings. The minimum absolute atomic E-state index is 0.0104. The lowest BCUT2D eigenvalue weighted by Crippen LogP contribution is -2.51. The van der Waals surface area contributed by atoms with E-state index in [1.165, 1.54) is 4.90 Å². The Balaban J connectivity index is 1.86. The van der Waals surface area contributed by atoms with Crippen LogP contribution in [0.2, 0.25) is 0 Å². The molecule has 0 aromatic rings. The number of likely N-dealkylation sites (tertiary alicyclic amines) is 1. The van der Waals surface area contributed by atoms with E-state index < -0.39 is 0 Å². The second-order valence-electron chi connectivity index (χ2n) is 5.88. The third-order valence-electron chi connectivity index (χ3n) is 4.29. The lowest BCUT2D eigenvalue weighted by molar-refractivity contribution is -0.132. The highest BCUT2D eigenvalue weighted by molar-refractivity contribution is 5.87. The van der Waals surface area contributed by atoms with Crippen LogP contribution in [-0.2, 0) is 9.59 Å². The number of amides is 2. The Labute approximate surface area is 120 Å². The van der Waals surface area contributed by atoms with Crippen LogP contribution in [-0.4, -0.2) is 74.0 Å². The Bertz CT molecular complexity index is 353. The van der Waals surface area contributed by atoms with Crippen molar-refractivity contribution in [2.24, 2.45) is 0 Å². The molecule has 0 aliphatic carbocycles. The molecule has 0 aromatic carbocycles. The van der Waals surface area contributed by atoms with Crippen LogP contribution in [0.25, 0.3) is 0 Å². The van der Waals surface area contributed by atoms with Crippen molar-refractivity contribution >= 4 is 11.8 Å². The number of hydrogen-bond donors (Lipinski definition) is 2. The summed E-state index contributed by atoms with van der Waals surface area (Å²) in [6, 6.07) is 0.465. The molecule has 0 radical (unpaired) electrons. The molecule has 2 heterocycles. The normalized spacial score (nSPS) is 24.6. The van der Waals surface area contributed by atoms with Crippen LogP contribution in [0.3, 0.4) is 0 Å². The van der Waals surface area contributed by atoms with E-state index in [0.29, 0.717) is 6.04 Å². The maximum Gasteiger partial charge on any atom is 0.241 e. The van der Waals surface area contributed by atoms with Gasteiger partial charge in [0, 0.05) is 20.1 Å². The van der Waals surface area contributed by atoms with Gasteiger partial charge in [-0.15, -0.1) is 0 Å². The fourth-order valence-electron chi connectivity index (χ4n) is 3.08. The molecule has 0 bridgehead atoms. The molecule has 2 rings (SSSR count). The summed E-state index contributed by atoms with van der Waals surface area (Å²) in [6.45, 7) is 3.18. The fraction of sp³-hybridized carbons (Fsp3) is 0.857. The van der Waals surface area contributed by atoms with Gasteiger partial charge < -0.3 is 15.5 Å². The number of nitrogens with one attached hydrogen (secondary N) is 2. The van der Waals surface area contributed by atoms with Gasteiger partial charge in [0.25, 0.3) is 0 Å². The lowest BCUT2D eigenvalue weighted by atomic mass is 10.0. The van der Waals surface area contributed by atoms with E-state index in [2.05, 4.69) is 15.5 Å². The minimum atomic E-state index is -0.0650. The molecule has 0 aromatic heterocycles. The van der Waals surface area contributed by atoms with Crippen molar-refractivity contribution in [2.45, 2.75) is 37.8 Å². The van der Waals surface area contributed by atoms with Crippen LogP contribution < -0.4 is 10.6 Å². The van der Waals surface area contributed by atoms with Gasteiger partial charge in [-0.25, -0.2) is 0 Å². The average molecular weight is 282 g/mol. The molecule has 2 aliphatic heterocycles. The SMILES string of the molecule is CN(C)C(=O)CNC(=O)C1CCCN1C1CCNCC1. The van der Waals surface area contributed by atoms with E-state index in [4.69, 9.17) is 0 Å². The van der Waals surface area contributed by atoms with Gasteiger partial charge in [-0.05, 0) is 45.3 Å². The van der Waals surface area contributed by atoms with E-state index in [9.17, 15) is 9.59 Å². The van der Waals surface area contributed by atoms with Gasteiger partial charge in [-0.3, -0.25) is 14.5 Å². The molecule has 2 N–H and O–H groups in total. The summed E-state index contributed by atoms with van der Waals surface area (Å²) in [5.41, 5.74) is 0. The van der Waals surface area contributed by atoms with Gasteiger partial charge in [-0.2, -0.15) is 0 Å². The van der Waals surface area contributed by atoms with E-state index >= 15 is 0 Å². The maximum atomic E-state index is 12.3. The zero-order chi connectivity index (χ0) is 14.5. The molecular formula is C14H26N4O2. The number of nitrogens with zero attached hydrogens (tertiary/aromatic N) is 2. The first-order valence-electron chi connectivity index (χ1n) is 7.54. The monoisotopic (exact) mass is 282 g/mol. The van der Waals surface area contributed by atoms with Gasteiger partial charge in [0.15, 0.2) is 0 Å². The topological polar surface area (TPSA) is 64.7 Å². The predicted octanol–water partition coefficient (Wildman–Crippen LogP) is -0.593. The van der Waals surface area contributed by atoms with Gasteiger partial charge in [0.1, 0.15) is 0 Å². The highest BCUT2D eigenvalue weighted by atomic mass is 16.2. The van der Waals surface area contributed by atoms with E-state index in [1.807, 2.05) is 0 Å². The lowest BCUT2D eigenvalue weighted by Gasteiger charge is -2.35. The predicted molar refractivity (Wildman–Crippen MR) is 77.3 cm³/mol. The first-order valence-corrected chi connectivity index (χ1v) is 7.54. The summed E-state index contributed by atoms with van der Waals surface area (Å²) in [6.07, 6.45) is 4.20. The van der Waals surface area contributed by atoms with E-state index in [0.717, 1.165) is 45.3 Å². The Morgan fingerprint density at radius 1 is 1.25 bits per heavy atom. The molecule has 0 saturated carbocycles. The Morgan fingerprint density at radius 3 is 2.60 bits per heavy atom. The Kier molecular flexibility index (Phi) is 5.37. The molecule has 2 saturated heterocycles. The highest BCUT2D eigenvalue weighted by Crippen LogP contribution is 2.24. The molecule has 6 heteroatoms. The summed E-state index contributed by atoms with van der Waals surface area (Å²) in [7, 11) is 3.40. The maximum absolute atomic E-state index is 12.3. The van der Waals surface area contributed by atoms with Gasteiger partial charge in [0.2, 0.25) is 11.8 Å². The number of piperidine rings is 1. The minimum Gasteiger partial charge on any atom is -0.347 e. The van der Waals surface area contributed by atoms with E-state index in [1.54, 1.807) is 14.1 Å². The highest BCUT2D eigenvalue weighted by Gasteiger charge is 2.35. The van der Waals surface area contributed by atoms with E-state index in [-0.39, 0.29) is 24.4 Å². The zero-order valence-electron chi connectivity index (χ0n) is 12.5. The second kappa shape index (κ2) is 7.04. The molecule has 2 amide bonds. The van der Waals surface area contributed by atoms with Crippen LogP contribution in [0, 0.1) is 0 Å². The third kappa shape index (κ3) is 3.70. The molecule has 114 valence electrons. The fourth-order valence-corrected chi connectivity index (χ4v) is 3.08. The molecule has 0 spiro atoms. The number of carbonyl (C=O) groups is 2. The number of likely N-dealkylation sites (N-methyl/N-ethyl adjacent to an activating group) is 1. The van der Waals surface area contributed by atoms with Crippen molar-refractivity contribution in [1.82, 2.24) is 20.4 Å². The molecule has 6 nitrogen and oxygen atoms in total. The largest absolute Gasteiger partial charge is 0.347 e. The van der Waals surface area contributed by atoms with Crippen molar-refractivity contribution in [2.75, 3.05) is 40.3 Å². The quantitative estimate of drug-likeness (QED) is 0.723. The summed E-state index contributed by atoms with van der Waals surface area (Å²) in [4.78, 5) is 27.7. The average Bonchev–Trinajstić information content (AvgIpc) is 2.94. The number of hydrogen-bond acceptors (Lipinski definition) is 4. The van der Waals surface area contributed by atoms with Crippen molar-refractivity contribution in [1.29, 1.82) is 0 Å². The molecular weight excluding hydrogens is 256 g/mol. The molecule has 2 fully saturated rings. The number of carbonyl (C=O) groups excluding carboxylic acids is 2. The van der Waals surface area contributed by atoms with Crippen molar-refractivity contribution < 1.29 is 9.59 Å². The second-order valence-corrected chi connectivity index (χ2v) is 5.88. The van der Waals surface area contributed by atoms with Crippen LogP contribution >= 0.6 is 0 Å². The van der Waals surface area contributed by atoms with Crippen LogP contribution in [0.1, 0.15) is 25.7 Å². The summed E-state index contributed by atoms with van der Waals surface area (Å²) >= 11 is 0. The van der Waals surface area contributed by atoms with Crippen molar-refractivity contribution in [3.63, 3.8) is 0 Å². The Hall–Kier alpha value is -1.14. The summed E-state index contributed by atoms with van der Waals surface area (Å²) in [5.74, 6) is -0.0546. The van der Waals surface area contributed by atoms with Gasteiger partial charge in [-0.1, -0.05) is 0 Å². The third-order valence-corrected chi connectivity index (χ3v) is 4.29. The molecule has 1 atom stereocenters. The smallest absolute Gasteiger partial charge is 0.241 e. The van der Waals surface area contributed by atoms with Crippen LogP contribution in [0.15, 0.2) is 0 Å².